The van der Waals surface area contributed by atoms with Gasteiger partial charge < -0.3 is 5.11 Å². The largest absolute Gasteiger partial charge is 0.481 e. The third-order valence-electron chi connectivity index (χ3n) is 1.30. The van der Waals surface area contributed by atoms with E-state index in [0.717, 1.165) is 0 Å². The molecule has 0 aromatic heterocycles. The highest BCUT2D eigenvalue weighted by Crippen LogP contribution is 2.12. The van der Waals surface area contributed by atoms with Gasteiger partial charge in [-0.3, -0.25) is 4.79 Å². The number of alkyl halides is 3. The molecule has 0 amide bonds. The van der Waals surface area contributed by atoms with Gasteiger partial charge in [-0.15, -0.1) is 0 Å². The van der Waals surface area contributed by atoms with Crippen molar-refractivity contribution >= 4 is 16.0 Å². The fourth-order valence-electron chi connectivity index (χ4n) is 0.677. The number of sulfonamides is 1. The van der Waals surface area contributed by atoms with E-state index in [-0.39, 0.29) is 6.42 Å². The molecule has 2 N–H and O–H groups in total. The molecule has 0 aromatic carbocycles. The van der Waals surface area contributed by atoms with Crippen molar-refractivity contribution in [3.8, 4) is 0 Å². The predicted molar refractivity (Wildman–Crippen MR) is 44.7 cm³/mol. The zero-order valence-corrected chi connectivity index (χ0v) is 8.36. The van der Waals surface area contributed by atoms with Crippen LogP contribution in [0.15, 0.2) is 0 Å². The Morgan fingerprint density at radius 3 is 2.27 bits per heavy atom. The van der Waals surface area contributed by atoms with Crippen molar-refractivity contribution in [2.75, 3.05) is 12.3 Å². The summed E-state index contributed by atoms with van der Waals surface area (Å²) in [6.07, 6.45) is -5.23. The second-order valence-corrected chi connectivity index (χ2v) is 4.68. The Kier molecular flexibility index (Phi) is 5.01. The molecule has 0 saturated carbocycles. The first-order chi connectivity index (χ1) is 6.62. The lowest BCUT2D eigenvalue weighted by Crippen LogP contribution is -2.35. The lowest BCUT2D eigenvalue weighted by Gasteiger charge is -2.08. The van der Waals surface area contributed by atoms with Gasteiger partial charge in [0.2, 0.25) is 10.0 Å². The predicted octanol–water partition coefficient (Wildman–Crippen LogP) is 0.333. The molecule has 0 fully saturated rings. The Hall–Kier alpha value is -0.830. The third-order valence-corrected chi connectivity index (χ3v) is 2.71. The van der Waals surface area contributed by atoms with Crippen LogP contribution < -0.4 is 4.72 Å². The molecule has 0 saturated heterocycles. The summed E-state index contributed by atoms with van der Waals surface area (Å²) in [5.41, 5.74) is 0. The summed E-state index contributed by atoms with van der Waals surface area (Å²) in [7, 11) is -4.04. The third kappa shape index (κ3) is 9.47. The van der Waals surface area contributed by atoms with Gasteiger partial charge >= 0.3 is 12.1 Å². The normalized spacial score (nSPS) is 12.7. The molecule has 0 radical (unpaired) electrons. The highest BCUT2D eigenvalue weighted by Gasteiger charge is 2.29. The maximum atomic E-state index is 11.6. The SMILES string of the molecule is O=C(O)CCCS(=O)(=O)NCC(F)(F)F. The van der Waals surface area contributed by atoms with Crippen molar-refractivity contribution in [1.29, 1.82) is 0 Å². The van der Waals surface area contributed by atoms with E-state index in [0.29, 0.717) is 0 Å². The highest BCUT2D eigenvalue weighted by atomic mass is 32.2. The van der Waals surface area contributed by atoms with Crippen LogP contribution in [0.25, 0.3) is 0 Å². The molecular weight excluding hydrogens is 239 g/mol. The summed E-state index contributed by atoms with van der Waals surface area (Å²) in [6.45, 7) is -1.64. The monoisotopic (exact) mass is 249 g/mol. The first-order valence-corrected chi connectivity index (χ1v) is 5.53. The highest BCUT2D eigenvalue weighted by molar-refractivity contribution is 7.89. The fourth-order valence-corrected chi connectivity index (χ4v) is 1.73. The Bertz CT molecular complexity index is 311. The van der Waals surface area contributed by atoms with Crippen molar-refractivity contribution in [2.45, 2.75) is 19.0 Å². The number of carboxylic acids is 1. The molecule has 90 valence electrons. The van der Waals surface area contributed by atoms with E-state index in [1.165, 1.54) is 4.72 Å². The number of halogens is 3. The van der Waals surface area contributed by atoms with E-state index in [9.17, 15) is 26.4 Å². The number of hydrogen-bond acceptors (Lipinski definition) is 3. The molecule has 9 heteroatoms. The summed E-state index contributed by atoms with van der Waals surface area (Å²) in [5, 5.41) is 8.17. The van der Waals surface area contributed by atoms with Crippen molar-refractivity contribution in [3.63, 3.8) is 0 Å². The van der Waals surface area contributed by atoms with Crippen LogP contribution in [0.5, 0.6) is 0 Å². The van der Waals surface area contributed by atoms with Crippen molar-refractivity contribution in [2.24, 2.45) is 0 Å². The quantitative estimate of drug-likeness (QED) is 0.710. The average molecular weight is 249 g/mol. The summed E-state index contributed by atoms with van der Waals surface area (Å²) < 4.78 is 57.9. The summed E-state index contributed by atoms with van der Waals surface area (Å²) in [5.74, 6) is -1.82. The van der Waals surface area contributed by atoms with E-state index in [4.69, 9.17) is 5.11 Å². The lowest BCUT2D eigenvalue weighted by atomic mass is 10.3. The minimum Gasteiger partial charge on any atom is -0.481 e. The van der Waals surface area contributed by atoms with Crippen molar-refractivity contribution < 1.29 is 31.5 Å². The van der Waals surface area contributed by atoms with Crippen LogP contribution in [0, 0.1) is 0 Å². The van der Waals surface area contributed by atoms with Crippen LogP contribution in [0.2, 0.25) is 0 Å². The second kappa shape index (κ2) is 5.31. The molecule has 15 heavy (non-hydrogen) atoms. The molecule has 0 heterocycles. The van der Waals surface area contributed by atoms with Gasteiger partial charge in [-0.05, 0) is 6.42 Å². The van der Waals surface area contributed by atoms with Crippen LogP contribution in [0.1, 0.15) is 12.8 Å². The van der Waals surface area contributed by atoms with Gasteiger partial charge in [-0.25, -0.2) is 13.1 Å². The van der Waals surface area contributed by atoms with E-state index in [1.54, 1.807) is 0 Å². The van der Waals surface area contributed by atoms with Gasteiger partial charge in [0, 0.05) is 6.42 Å². The molecule has 5 nitrogen and oxygen atoms in total. The first-order valence-electron chi connectivity index (χ1n) is 3.88. The van der Waals surface area contributed by atoms with Crippen molar-refractivity contribution in [1.82, 2.24) is 4.72 Å². The molecule has 0 atom stereocenters. The van der Waals surface area contributed by atoms with Crippen molar-refractivity contribution in [3.05, 3.63) is 0 Å². The first kappa shape index (κ1) is 14.2. The van der Waals surface area contributed by atoms with Crippen LogP contribution in [-0.4, -0.2) is 38.0 Å². The van der Waals surface area contributed by atoms with E-state index < -0.39 is 40.9 Å². The fraction of sp³-hybridized carbons (Fsp3) is 0.833. The van der Waals surface area contributed by atoms with Gasteiger partial charge in [-0.1, -0.05) is 0 Å². The zero-order chi connectivity index (χ0) is 12.1. The smallest absolute Gasteiger partial charge is 0.402 e. The number of hydrogen-bond donors (Lipinski definition) is 2. The van der Waals surface area contributed by atoms with E-state index in [1.807, 2.05) is 0 Å². The van der Waals surface area contributed by atoms with Gasteiger partial charge in [0.05, 0.1) is 5.75 Å². The Morgan fingerprint density at radius 1 is 1.33 bits per heavy atom. The average Bonchev–Trinajstić information content (AvgIpc) is 1.99. The van der Waals surface area contributed by atoms with Crippen LogP contribution in [-0.2, 0) is 14.8 Å². The number of carbonyl (C=O) groups is 1. The Morgan fingerprint density at radius 2 is 1.87 bits per heavy atom. The standard InChI is InChI=1S/C6H10F3NO4S/c7-6(8,9)4-10-15(13,14)3-1-2-5(11)12/h10H,1-4H2,(H,11,12). The molecule has 0 aliphatic carbocycles. The molecule has 0 bridgehead atoms. The maximum absolute atomic E-state index is 11.6. The maximum Gasteiger partial charge on any atom is 0.402 e. The minimum absolute atomic E-state index is 0.220. The zero-order valence-electron chi connectivity index (χ0n) is 7.54. The summed E-state index contributed by atoms with van der Waals surface area (Å²) in [6, 6.07) is 0. The van der Waals surface area contributed by atoms with Crippen LogP contribution >= 0.6 is 0 Å². The number of aliphatic carboxylic acids is 1. The van der Waals surface area contributed by atoms with Gasteiger partial charge in [0.25, 0.3) is 0 Å². The number of carboxylic acid groups (broad SMARTS) is 1. The summed E-state index contributed by atoms with van der Waals surface area (Å²) in [4.78, 5) is 10.0. The van der Waals surface area contributed by atoms with Gasteiger partial charge in [0.15, 0.2) is 0 Å². The molecule has 0 rings (SSSR count). The minimum atomic E-state index is -4.61. The lowest BCUT2D eigenvalue weighted by molar-refractivity contribution is -0.137. The van der Waals surface area contributed by atoms with Gasteiger partial charge in [-0.2, -0.15) is 13.2 Å². The molecule has 0 aliphatic rings. The van der Waals surface area contributed by atoms with Crippen LogP contribution in [0.3, 0.4) is 0 Å². The number of nitrogens with one attached hydrogen (secondary N) is 1. The second-order valence-electron chi connectivity index (χ2n) is 2.75. The van der Waals surface area contributed by atoms with E-state index in [2.05, 4.69) is 0 Å². The molecule has 0 unspecified atom stereocenters. The van der Waals surface area contributed by atoms with E-state index >= 15 is 0 Å². The molecular formula is C6H10F3NO4S. The topological polar surface area (TPSA) is 83.5 Å². The number of rotatable bonds is 6. The Balaban J connectivity index is 3.94. The van der Waals surface area contributed by atoms with Crippen LogP contribution in [0.4, 0.5) is 13.2 Å². The Labute approximate surface area is 84.3 Å². The summed E-state index contributed by atoms with van der Waals surface area (Å²) >= 11 is 0. The van der Waals surface area contributed by atoms with Gasteiger partial charge in [0.1, 0.15) is 6.54 Å². The molecule has 0 aliphatic heterocycles. The molecule has 0 spiro atoms. The molecule has 0 aromatic rings.